The molecule has 0 aromatic heterocycles. The summed E-state index contributed by atoms with van der Waals surface area (Å²) in [6, 6.07) is 0. The van der Waals surface area contributed by atoms with Crippen LogP contribution in [0.4, 0.5) is 0 Å². The molecule has 2 atom stereocenters. The van der Waals surface area contributed by atoms with Crippen molar-refractivity contribution in [2.45, 2.75) is 45.4 Å². The van der Waals surface area contributed by atoms with Crippen LogP contribution in [0.3, 0.4) is 0 Å². The summed E-state index contributed by atoms with van der Waals surface area (Å²) in [6.07, 6.45) is 8.87. The Morgan fingerprint density at radius 3 is 2.93 bits per heavy atom. The Kier molecular flexibility index (Phi) is 3.45. The van der Waals surface area contributed by atoms with Gasteiger partial charge in [-0.1, -0.05) is 31.4 Å². The van der Waals surface area contributed by atoms with Crippen molar-refractivity contribution in [1.29, 1.82) is 0 Å². The standard InChI is InChI=1S/C13H20O2/c1-2-3-4-7-15-13(14)12-9-10-5-6-11(12)8-10/h5,11-12H,2-4,6-9H2,1H3. The smallest absolute Gasteiger partial charge is 0.309 e. The van der Waals surface area contributed by atoms with Crippen molar-refractivity contribution in [3.8, 4) is 0 Å². The number of esters is 1. The summed E-state index contributed by atoms with van der Waals surface area (Å²) in [5, 5.41) is 0. The topological polar surface area (TPSA) is 26.3 Å². The molecule has 0 heterocycles. The van der Waals surface area contributed by atoms with Crippen molar-refractivity contribution < 1.29 is 9.53 Å². The maximum atomic E-state index is 11.7. The van der Waals surface area contributed by atoms with Crippen LogP contribution >= 0.6 is 0 Å². The van der Waals surface area contributed by atoms with Crippen molar-refractivity contribution in [2.75, 3.05) is 6.61 Å². The van der Waals surface area contributed by atoms with E-state index in [2.05, 4.69) is 13.0 Å². The van der Waals surface area contributed by atoms with Crippen LogP contribution in [0.2, 0.25) is 0 Å². The number of unbranched alkanes of at least 4 members (excludes halogenated alkanes) is 2. The molecule has 0 aromatic carbocycles. The Morgan fingerprint density at radius 2 is 2.33 bits per heavy atom. The van der Waals surface area contributed by atoms with Gasteiger partial charge in [0.2, 0.25) is 0 Å². The number of carbonyl (C=O) groups excluding carboxylic acids is 1. The van der Waals surface area contributed by atoms with E-state index in [4.69, 9.17) is 4.74 Å². The average molecular weight is 208 g/mol. The molecule has 84 valence electrons. The van der Waals surface area contributed by atoms with E-state index in [1.807, 2.05) is 0 Å². The zero-order valence-corrected chi connectivity index (χ0v) is 9.50. The first-order valence-electron chi connectivity index (χ1n) is 6.15. The van der Waals surface area contributed by atoms with Crippen molar-refractivity contribution in [3.05, 3.63) is 11.6 Å². The molecular formula is C13H20O2. The molecule has 1 saturated carbocycles. The van der Waals surface area contributed by atoms with Gasteiger partial charge in [0.25, 0.3) is 0 Å². The van der Waals surface area contributed by atoms with Gasteiger partial charge in [-0.05, 0) is 31.6 Å². The molecule has 2 bridgehead atoms. The molecule has 2 rings (SSSR count). The number of fused-ring (bicyclic) bond motifs is 2. The molecule has 0 aliphatic heterocycles. The van der Waals surface area contributed by atoms with Gasteiger partial charge < -0.3 is 4.74 Å². The Balaban J connectivity index is 1.70. The van der Waals surface area contributed by atoms with Gasteiger partial charge in [-0.25, -0.2) is 0 Å². The van der Waals surface area contributed by atoms with Crippen LogP contribution in [-0.4, -0.2) is 12.6 Å². The molecule has 0 spiro atoms. The van der Waals surface area contributed by atoms with Gasteiger partial charge in [0.15, 0.2) is 0 Å². The van der Waals surface area contributed by atoms with Gasteiger partial charge in [0.05, 0.1) is 12.5 Å². The fourth-order valence-electron chi connectivity index (χ4n) is 2.65. The predicted molar refractivity (Wildman–Crippen MR) is 59.4 cm³/mol. The molecule has 0 radical (unpaired) electrons. The second-order valence-electron chi connectivity index (χ2n) is 4.75. The third-order valence-electron chi connectivity index (χ3n) is 3.58. The molecule has 2 aliphatic rings. The van der Waals surface area contributed by atoms with Crippen molar-refractivity contribution in [3.63, 3.8) is 0 Å². The van der Waals surface area contributed by atoms with Gasteiger partial charge in [0, 0.05) is 0 Å². The van der Waals surface area contributed by atoms with Gasteiger partial charge >= 0.3 is 5.97 Å². The van der Waals surface area contributed by atoms with Crippen LogP contribution < -0.4 is 0 Å². The molecule has 0 saturated heterocycles. The van der Waals surface area contributed by atoms with E-state index >= 15 is 0 Å². The highest BCUT2D eigenvalue weighted by Crippen LogP contribution is 2.44. The number of hydrogen-bond acceptors (Lipinski definition) is 2. The average Bonchev–Trinajstić information content (AvgIpc) is 2.85. The lowest BCUT2D eigenvalue weighted by Crippen LogP contribution is -2.22. The molecule has 2 heteroatoms. The highest BCUT2D eigenvalue weighted by atomic mass is 16.5. The number of carbonyl (C=O) groups is 1. The summed E-state index contributed by atoms with van der Waals surface area (Å²) in [6.45, 7) is 2.78. The van der Waals surface area contributed by atoms with E-state index in [-0.39, 0.29) is 11.9 Å². The summed E-state index contributed by atoms with van der Waals surface area (Å²) in [5.74, 6) is 0.810. The minimum absolute atomic E-state index is 0.0548. The lowest BCUT2D eigenvalue weighted by molar-refractivity contribution is -0.149. The summed E-state index contributed by atoms with van der Waals surface area (Å²) in [7, 11) is 0. The number of rotatable bonds is 5. The van der Waals surface area contributed by atoms with Crippen LogP contribution in [0, 0.1) is 11.8 Å². The molecule has 0 N–H and O–H groups in total. The summed E-state index contributed by atoms with van der Waals surface area (Å²) in [4.78, 5) is 11.7. The van der Waals surface area contributed by atoms with E-state index in [0.717, 1.165) is 32.1 Å². The van der Waals surface area contributed by atoms with Crippen LogP contribution in [0.5, 0.6) is 0 Å². The fraction of sp³-hybridized carbons (Fsp3) is 0.769. The van der Waals surface area contributed by atoms with Crippen LogP contribution in [0.1, 0.15) is 45.4 Å². The van der Waals surface area contributed by atoms with Gasteiger partial charge in [-0.2, -0.15) is 0 Å². The molecule has 2 unspecified atom stereocenters. The van der Waals surface area contributed by atoms with Gasteiger partial charge in [-0.15, -0.1) is 0 Å². The molecule has 2 aliphatic carbocycles. The second-order valence-corrected chi connectivity index (χ2v) is 4.75. The van der Waals surface area contributed by atoms with Gasteiger partial charge in [-0.3, -0.25) is 4.79 Å². The zero-order chi connectivity index (χ0) is 10.7. The lowest BCUT2D eigenvalue weighted by Gasteiger charge is -2.17. The minimum Gasteiger partial charge on any atom is -0.465 e. The normalized spacial score (nSPS) is 27.9. The highest BCUT2D eigenvalue weighted by molar-refractivity contribution is 5.74. The van der Waals surface area contributed by atoms with Crippen molar-refractivity contribution >= 4 is 5.97 Å². The van der Waals surface area contributed by atoms with E-state index in [1.54, 1.807) is 0 Å². The molecule has 15 heavy (non-hydrogen) atoms. The van der Waals surface area contributed by atoms with Crippen molar-refractivity contribution in [2.24, 2.45) is 11.8 Å². The maximum absolute atomic E-state index is 11.7. The molecule has 0 aromatic rings. The predicted octanol–water partition coefficient (Wildman–Crippen LogP) is 3.08. The fourth-order valence-corrected chi connectivity index (χ4v) is 2.65. The van der Waals surface area contributed by atoms with Crippen LogP contribution in [-0.2, 0) is 9.53 Å². The first kappa shape index (κ1) is 10.7. The second kappa shape index (κ2) is 4.82. The third kappa shape index (κ3) is 2.42. The first-order valence-corrected chi connectivity index (χ1v) is 6.15. The third-order valence-corrected chi connectivity index (χ3v) is 3.58. The Bertz CT molecular complexity index is 268. The Labute approximate surface area is 91.7 Å². The van der Waals surface area contributed by atoms with Crippen LogP contribution in [0.15, 0.2) is 11.6 Å². The van der Waals surface area contributed by atoms with E-state index in [0.29, 0.717) is 12.5 Å². The SMILES string of the molecule is CCCCCOC(=O)C1CC2=CCC1C2. The van der Waals surface area contributed by atoms with Crippen LogP contribution in [0.25, 0.3) is 0 Å². The largest absolute Gasteiger partial charge is 0.465 e. The van der Waals surface area contributed by atoms with E-state index in [1.165, 1.54) is 12.0 Å². The quantitative estimate of drug-likeness (QED) is 0.394. The van der Waals surface area contributed by atoms with E-state index in [9.17, 15) is 4.79 Å². The molecule has 0 amide bonds. The highest BCUT2D eigenvalue weighted by Gasteiger charge is 2.39. The van der Waals surface area contributed by atoms with Gasteiger partial charge in [0.1, 0.15) is 0 Å². The Morgan fingerprint density at radius 1 is 1.47 bits per heavy atom. The number of ether oxygens (including phenoxy) is 1. The summed E-state index contributed by atoms with van der Waals surface area (Å²) in [5.41, 5.74) is 1.48. The Hall–Kier alpha value is -0.790. The summed E-state index contributed by atoms with van der Waals surface area (Å²) < 4.78 is 5.31. The molecular weight excluding hydrogens is 188 g/mol. The maximum Gasteiger partial charge on any atom is 0.309 e. The zero-order valence-electron chi connectivity index (χ0n) is 9.50. The molecule has 1 fully saturated rings. The monoisotopic (exact) mass is 208 g/mol. The lowest BCUT2D eigenvalue weighted by atomic mass is 9.92. The van der Waals surface area contributed by atoms with Crippen molar-refractivity contribution in [1.82, 2.24) is 0 Å². The minimum atomic E-state index is 0.0548. The molecule has 2 nitrogen and oxygen atoms in total. The number of allylic oxidation sites excluding steroid dienone is 2. The number of hydrogen-bond donors (Lipinski definition) is 0. The summed E-state index contributed by atoms with van der Waals surface area (Å²) >= 11 is 0. The first-order chi connectivity index (χ1) is 7.31. The van der Waals surface area contributed by atoms with E-state index < -0.39 is 0 Å².